The number of nitrogens with zero attached hydrogens (tertiary/aromatic N) is 1. The number of esters is 1. The Morgan fingerprint density at radius 1 is 1.47 bits per heavy atom. The zero-order chi connectivity index (χ0) is 12.7. The number of aromatic nitrogens is 1. The van der Waals surface area contributed by atoms with Gasteiger partial charge in [-0.2, -0.15) is 0 Å². The molecule has 0 saturated carbocycles. The van der Waals surface area contributed by atoms with Gasteiger partial charge in [0, 0.05) is 12.2 Å². The first kappa shape index (κ1) is 13.4. The third-order valence-corrected chi connectivity index (χ3v) is 2.19. The fraction of sp³-hybridized carbons (Fsp3) is 0.500. The van der Waals surface area contributed by atoms with Crippen molar-refractivity contribution in [2.45, 2.75) is 20.4 Å². The molecule has 1 aromatic heterocycles. The Morgan fingerprint density at radius 2 is 2.24 bits per heavy atom. The van der Waals surface area contributed by atoms with Gasteiger partial charge in [-0.25, -0.2) is 4.79 Å². The van der Waals surface area contributed by atoms with Gasteiger partial charge < -0.3 is 14.8 Å². The van der Waals surface area contributed by atoms with E-state index in [1.165, 1.54) is 7.11 Å². The minimum Gasteiger partial charge on any atom is -0.480 e. The van der Waals surface area contributed by atoms with Crippen LogP contribution in [0.15, 0.2) is 12.1 Å². The molecule has 1 N–H and O–H groups in total. The third kappa shape index (κ3) is 4.40. The van der Waals surface area contributed by atoms with E-state index in [1.807, 2.05) is 26.0 Å². The molecule has 0 saturated heterocycles. The topological polar surface area (TPSA) is 60.5 Å². The predicted octanol–water partition coefficient (Wildman–Crippen LogP) is 1.05. The number of nitrogens with one attached hydrogen (secondary N) is 1. The maximum absolute atomic E-state index is 11.0. The fourth-order valence-corrected chi connectivity index (χ4v) is 1.29. The van der Waals surface area contributed by atoms with E-state index in [0.29, 0.717) is 12.3 Å². The standard InChI is InChI=1S/C12H18N2O3/c1-4-13-7-10-11(6-5-9(2)14-10)17-8-12(15)16-3/h5-6,13H,4,7-8H2,1-3H3. The molecule has 1 heterocycles. The predicted molar refractivity (Wildman–Crippen MR) is 63.9 cm³/mol. The minimum atomic E-state index is -0.403. The first-order valence-electron chi connectivity index (χ1n) is 5.54. The fourth-order valence-electron chi connectivity index (χ4n) is 1.29. The van der Waals surface area contributed by atoms with Crippen LogP contribution in [0, 0.1) is 6.92 Å². The first-order valence-corrected chi connectivity index (χ1v) is 5.54. The van der Waals surface area contributed by atoms with Crippen molar-refractivity contribution in [3.8, 4) is 5.75 Å². The lowest BCUT2D eigenvalue weighted by molar-refractivity contribution is -0.142. The van der Waals surface area contributed by atoms with Gasteiger partial charge in [-0.1, -0.05) is 6.92 Å². The van der Waals surface area contributed by atoms with E-state index < -0.39 is 5.97 Å². The van der Waals surface area contributed by atoms with Gasteiger partial charge in [0.1, 0.15) is 5.75 Å². The average Bonchev–Trinajstić information content (AvgIpc) is 2.34. The van der Waals surface area contributed by atoms with E-state index in [9.17, 15) is 4.79 Å². The molecule has 0 fully saturated rings. The first-order chi connectivity index (χ1) is 8.17. The molecule has 0 radical (unpaired) electrons. The van der Waals surface area contributed by atoms with Gasteiger partial charge in [0.25, 0.3) is 0 Å². The van der Waals surface area contributed by atoms with Crippen molar-refractivity contribution in [1.29, 1.82) is 0 Å². The van der Waals surface area contributed by atoms with E-state index in [4.69, 9.17) is 4.74 Å². The molecule has 0 aliphatic heterocycles. The summed E-state index contributed by atoms with van der Waals surface area (Å²) in [6.45, 7) is 5.31. The summed E-state index contributed by atoms with van der Waals surface area (Å²) in [5.41, 5.74) is 1.72. The van der Waals surface area contributed by atoms with Crippen LogP contribution in [-0.4, -0.2) is 31.2 Å². The van der Waals surface area contributed by atoms with Crippen molar-refractivity contribution in [3.05, 3.63) is 23.5 Å². The Kier molecular flexibility index (Phi) is 5.42. The second-order valence-electron chi connectivity index (χ2n) is 3.54. The maximum Gasteiger partial charge on any atom is 0.343 e. The lowest BCUT2D eigenvalue weighted by Gasteiger charge is -2.10. The van der Waals surface area contributed by atoms with Crippen molar-refractivity contribution in [2.75, 3.05) is 20.3 Å². The summed E-state index contributed by atoms with van der Waals surface area (Å²) in [5, 5.41) is 3.18. The van der Waals surface area contributed by atoms with Crippen LogP contribution in [0.4, 0.5) is 0 Å². The van der Waals surface area contributed by atoms with Crippen LogP contribution in [0.2, 0.25) is 0 Å². The molecular weight excluding hydrogens is 220 g/mol. The van der Waals surface area contributed by atoms with Crippen LogP contribution in [-0.2, 0) is 16.1 Å². The maximum atomic E-state index is 11.0. The van der Waals surface area contributed by atoms with Crippen LogP contribution >= 0.6 is 0 Å². The summed E-state index contributed by atoms with van der Waals surface area (Å²) >= 11 is 0. The molecule has 94 valence electrons. The van der Waals surface area contributed by atoms with Crippen LogP contribution < -0.4 is 10.1 Å². The quantitative estimate of drug-likeness (QED) is 0.751. The number of pyridine rings is 1. The molecule has 1 aromatic rings. The Hall–Kier alpha value is -1.62. The molecule has 1 rings (SSSR count). The molecule has 0 bridgehead atoms. The van der Waals surface area contributed by atoms with Gasteiger partial charge in [-0.15, -0.1) is 0 Å². The average molecular weight is 238 g/mol. The van der Waals surface area contributed by atoms with Crippen molar-refractivity contribution >= 4 is 5.97 Å². The Morgan fingerprint density at radius 3 is 2.88 bits per heavy atom. The van der Waals surface area contributed by atoms with Crippen LogP contribution in [0.5, 0.6) is 5.75 Å². The molecule has 0 amide bonds. The molecule has 0 unspecified atom stereocenters. The number of hydrogen-bond donors (Lipinski definition) is 1. The molecule has 0 aromatic carbocycles. The van der Waals surface area contributed by atoms with E-state index in [2.05, 4.69) is 15.0 Å². The highest BCUT2D eigenvalue weighted by Gasteiger charge is 2.08. The number of carbonyl (C=O) groups excluding carboxylic acids is 1. The number of hydrogen-bond acceptors (Lipinski definition) is 5. The van der Waals surface area contributed by atoms with Crippen LogP contribution in [0.3, 0.4) is 0 Å². The largest absolute Gasteiger partial charge is 0.480 e. The summed E-state index contributed by atoms with van der Waals surface area (Å²) in [6.07, 6.45) is 0. The van der Waals surface area contributed by atoms with E-state index in [1.54, 1.807) is 0 Å². The van der Waals surface area contributed by atoms with Crippen LogP contribution in [0.1, 0.15) is 18.3 Å². The summed E-state index contributed by atoms with van der Waals surface area (Å²) in [4.78, 5) is 15.4. The smallest absolute Gasteiger partial charge is 0.343 e. The second kappa shape index (κ2) is 6.85. The SMILES string of the molecule is CCNCc1nc(C)ccc1OCC(=O)OC. The molecule has 0 atom stereocenters. The molecule has 0 aliphatic carbocycles. The van der Waals surface area contributed by atoms with Gasteiger partial charge >= 0.3 is 5.97 Å². The number of ether oxygens (including phenoxy) is 2. The lowest BCUT2D eigenvalue weighted by atomic mass is 10.3. The Bertz CT molecular complexity index is 380. The lowest BCUT2D eigenvalue weighted by Crippen LogP contribution is -2.17. The highest BCUT2D eigenvalue weighted by Crippen LogP contribution is 2.16. The van der Waals surface area contributed by atoms with Gasteiger partial charge in [-0.3, -0.25) is 4.98 Å². The zero-order valence-corrected chi connectivity index (χ0v) is 10.4. The third-order valence-electron chi connectivity index (χ3n) is 2.19. The molecule has 17 heavy (non-hydrogen) atoms. The number of methoxy groups -OCH3 is 1. The number of carbonyl (C=O) groups is 1. The zero-order valence-electron chi connectivity index (χ0n) is 10.4. The normalized spacial score (nSPS) is 10.1. The summed E-state index contributed by atoms with van der Waals surface area (Å²) in [7, 11) is 1.33. The van der Waals surface area contributed by atoms with Crippen molar-refractivity contribution in [3.63, 3.8) is 0 Å². The molecule has 5 nitrogen and oxygen atoms in total. The summed E-state index contributed by atoms with van der Waals surface area (Å²) in [5.74, 6) is 0.210. The van der Waals surface area contributed by atoms with Crippen molar-refractivity contribution in [2.24, 2.45) is 0 Å². The van der Waals surface area contributed by atoms with Gasteiger partial charge in [0.15, 0.2) is 6.61 Å². The summed E-state index contributed by atoms with van der Waals surface area (Å²) in [6, 6.07) is 3.67. The Balaban J connectivity index is 2.71. The van der Waals surface area contributed by atoms with Crippen molar-refractivity contribution < 1.29 is 14.3 Å². The van der Waals surface area contributed by atoms with Gasteiger partial charge in [0.05, 0.1) is 12.8 Å². The van der Waals surface area contributed by atoms with Crippen molar-refractivity contribution in [1.82, 2.24) is 10.3 Å². The number of aryl methyl sites for hydroxylation is 1. The summed E-state index contributed by atoms with van der Waals surface area (Å²) < 4.78 is 9.88. The van der Waals surface area contributed by atoms with Gasteiger partial charge in [0.2, 0.25) is 0 Å². The highest BCUT2D eigenvalue weighted by atomic mass is 16.6. The molecule has 0 aliphatic rings. The Labute approximate surface area is 101 Å². The van der Waals surface area contributed by atoms with Crippen LogP contribution in [0.25, 0.3) is 0 Å². The second-order valence-corrected chi connectivity index (χ2v) is 3.54. The van der Waals surface area contributed by atoms with E-state index >= 15 is 0 Å². The monoisotopic (exact) mass is 238 g/mol. The molecule has 0 spiro atoms. The van der Waals surface area contributed by atoms with E-state index in [0.717, 1.165) is 17.9 Å². The highest BCUT2D eigenvalue weighted by molar-refractivity contribution is 5.70. The van der Waals surface area contributed by atoms with Gasteiger partial charge in [-0.05, 0) is 25.6 Å². The number of rotatable bonds is 6. The minimum absolute atomic E-state index is 0.0969. The van der Waals surface area contributed by atoms with E-state index in [-0.39, 0.29) is 6.61 Å². The molecule has 5 heteroatoms. The molecular formula is C12H18N2O3.